The minimum absolute atomic E-state index is 0.114. The van der Waals surface area contributed by atoms with E-state index in [0.717, 1.165) is 18.7 Å². The lowest BCUT2D eigenvalue weighted by atomic mass is 10.2. The molecular formula is C12H16FN5. The third kappa shape index (κ3) is 2.13. The quantitative estimate of drug-likeness (QED) is 0.814. The van der Waals surface area contributed by atoms with Gasteiger partial charge in [0.25, 0.3) is 0 Å². The summed E-state index contributed by atoms with van der Waals surface area (Å²) in [4.78, 5) is 0. The van der Waals surface area contributed by atoms with Crippen LogP contribution in [0.15, 0.2) is 18.2 Å². The van der Waals surface area contributed by atoms with Gasteiger partial charge >= 0.3 is 0 Å². The number of nitrogens with two attached hydrogens (primary N) is 1. The van der Waals surface area contributed by atoms with Gasteiger partial charge in [-0.3, -0.25) is 4.57 Å². The van der Waals surface area contributed by atoms with E-state index in [9.17, 15) is 4.39 Å². The molecule has 0 aliphatic rings. The zero-order valence-corrected chi connectivity index (χ0v) is 10.4. The standard InChI is InChI=1S/C12H16FN5/c1-3-15-12-17-16-11(18(12)4-2)8-5-6-9(13)10(14)7-8/h5-7H,3-4,14H2,1-2H3,(H,15,17). The third-order valence-electron chi connectivity index (χ3n) is 2.66. The van der Waals surface area contributed by atoms with E-state index < -0.39 is 5.82 Å². The van der Waals surface area contributed by atoms with Crippen molar-refractivity contribution in [2.75, 3.05) is 17.6 Å². The summed E-state index contributed by atoms with van der Waals surface area (Å²) in [5, 5.41) is 11.3. The molecule has 1 aromatic heterocycles. The SMILES string of the molecule is CCNc1nnc(-c2ccc(F)c(N)c2)n1CC. The van der Waals surface area contributed by atoms with Gasteiger partial charge in [-0.2, -0.15) is 0 Å². The van der Waals surface area contributed by atoms with Crippen LogP contribution in [0.4, 0.5) is 16.0 Å². The minimum Gasteiger partial charge on any atom is -0.396 e. The van der Waals surface area contributed by atoms with E-state index in [-0.39, 0.29) is 5.69 Å². The van der Waals surface area contributed by atoms with E-state index in [1.807, 2.05) is 18.4 Å². The molecule has 2 rings (SSSR count). The number of aromatic nitrogens is 3. The largest absolute Gasteiger partial charge is 0.396 e. The van der Waals surface area contributed by atoms with E-state index in [2.05, 4.69) is 15.5 Å². The first-order valence-electron chi connectivity index (χ1n) is 5.89. The van der Waals surface area contributed by atoms with Gasteiger partial charge in [0.1, 0.15) is 5.82 Å². The van der Waals surface area contributed by atoms with Gasteiger partial charge in [0.15, 0.2) is 5.82 Å². The molecule has 0 bridgehead atoms. The van der Waals surface area contributed by atoms with E-state index in [0.29, 0.717) is 11.8 Å². The Balaban J connectivity index is 2.46. The highest BCUT2D eigenvalue weighted by molar-refractivity contribution is 5.63. The Morgan fingerprint density at radius 2 is 2.11 bits per heavy atom. The summed E-state index contributed by atoms with van der Waals surface area (Å²) in [5.41, 5.74) is 6.44. The second kappa shape index (κ2) is 5.03. The van der Waals surface area contributed by atoms with Crippen molar-refractivity contribution >= 4 is 11.6 Å². The van der Waals surface area contributed by atoms with Crippen LogP contribution in [0.25, 0.3) is 11.4 Å². The molecule has 2 aromatic rings. The molecule has 3 N–H and O–H groups in total. The monoisotopic (exact) mass is 249 g/mol. The lowest BCUT2D eigenvalue weighted by molar-refractivity contribution is 0.632. The van der Waals surface area contributed by atoms with Gasteiger partial charge < -0.3 is 11.1 Å². The van der Waals surface area contributed by atoms with Crippen LogP contribution in [0.2, 0.25) is 0 Å². The van der Waals surface area contributed by atoms with Crippen molar-refractivity contribution in [3.8, 4) is 11.4 Å². The Hall–Kier alpha value is -2.11. The lowest BCUT2D eigenvalue weighted by Gasteiger charge is -2.08. The lowest BCUT2D eigenvalue weighted by Crippen LogP contribution is -2.07. The summed E-state index contributed by atoms with van der Waals surface area (Å²) in [6.07, 6.45) is 0. The van der Waals surface area contributed by atoms with Crippen molar-refractivity contribution in [1.82, 2.24) is 14.8 Å². The van der Waals surface area contributed by atoms with Crippen molar-refractivity contribution in [2.45, 2.75) is 20.4 Å². The number of rotatable bonds is 4. The van der Waals surface area contributed by atoms with Gasteiger partial charge in [-0.05, 0) is 32.0 Å². The van der Waals surface area contributed by atoms with Crippen molar-refractivity contribution in [1.29, 1.82) is 0 Å². The fraction of sp³-hybridized carbons (Fsp3) is 0.333. The van der Waals surface area contributed by atoms with Gasteiger partial charge in [0.05, 0.1) is 5.69 Å². The number of hydrogen-bond donors (Lipinski definition) is 2. The molecule has 0 spiro atoms. The van der Waals surface area contributed by atoms with E-state index in [4.69, 9.17) is 5.73 Å². The molecule has 5 nitrogen and oxygen atoms in total. The fourth-order valence-corrected chi connectivity index (χ4v) is 1.79. The number of halogens is 1. The Bertz CT molecular complexity index is 549. The van der Waals surface area contributed by atoms with Crippen molar-refractivity contribution < 1.29 is 4.39 Å². The van der Waals surface area contributed by atoms with Gasteiger partial charge in [0.2, 0.25) is 5.95 Å². The molecule has 96 valence electrons. The Morgan fingerprint density at radius 3 is 2.72 bits per heavy atom. The predicted molar refractivity (Wildman–Crippen MR) is 69.7 cm³/mol. The first kappa shape index (κ1) is 12.3. The maximum atomic E-state index is 13.1. The van der Waals surface area contributed by atoms with Crippen LogP contribution in [0.3, 0.4) is 0 Å². The highest BCUT2D eigenvalue weighted by Gasteiger charge is 2.12. The molecule has 18 heavy (non-hydrogen) atoms. The molecule has 1 aromatic carbocycles. The highest BCUT2D eigenvalue weighted by atomic mass is 19.1. The summed E-state index contributed by atoms with van der Waals surface area (Å²) in [7, 11) is 0. The molecule has 0 aliphatic carbocycles. The molecule has 0 radical (unpaired) electrons. The summed E-state index contributed by atoms with van der Waals surface area (Å²) in [6.45, 7) is 5.48. The number of nitrogens with zero attached hydrogens (tertiary/aromatic N) is 3. The number of hydrogen-bond acceptors (Lipinski definition) is 4. The molecule has 0 unspecified atom stereocenters. The Kier molecular flexibility index (Phi) is 3.45. The summed E-state index contributed by atoms with van der Waals surface area (Å²) in [5.74, 6) is 0.964. The molecule has 0 aliphatic heterocycles. The first-order chi connectivity index (χ1) is 8.67. The highest BCUT2D eigenvalue weighted by Crippen LogP contribution is 2.23. The second-order valence-corrected chi connectivity index (χ2v) is 3.86. The molecular weight excluding hydrogens is 233 g/mol. The van der Waals surface area contributed by atoms with E-state index >= 15 is 0 Å². The van der Waals surface area contributed by atoms with Crippen molar-refractivity contribution in [3.63, 3.8) is 0 Å². The molecule has 0 fully saturated rings. The fourth-order valence-electron chi connectivity index (χ4n) is 1.79. The molecule has 1 heterocycles. The topological polar surface area (TPSA) is 68.8 Å². The molecule has 0 amide bonds. The van der Waals surface area contributed by atoms with Crippen LogP contribution in [0.5, 0.6) is 0 Å². The third-order valence-corrected chi connectivity index (χ3v) is 2.66. The van der Waals surface area contributed by atoms with Crippen LogP contribution >= 0.6 is 0 Å². The predicted octanol–water partition coefficient (Wildman–Crippen LogP) is 2.12. The van der Waals surface area contributed by atoms with Gasteiger partial charge in [-0.25, -0.2) is 4.39 Å². The van der Waals surface area contributed by atoms with Crippen molar-refractivity contribution in [3.05, 3.63) is 24.0 Å². The summed E-state index contributed by atoms with van der Waals surface area (Å²) in [6, 6.07) is 4.56. The average molecular weight is 249 g/mol. The Labute approximate surface area is 105 Å². The maximum absolute atomic E-state index is 13.1. The van der Waals surface area contributed by atoms with Crippen molar-refractivity contribution in [2.24, 2.45) is 0 Å². The number of benzene rings is 1. The zero-order valence-electron chi connectivity index (χ0n) is 10.4. The van der Waals surface area contributed by atoms with Gasteiger partial charge in [-0.1, -0.05) is 0 Å². The first-order valence-corrected chi connectivity index (χ1v) is 5.89. The normalized spacial score (nSPS) is 10.6. The maximum Gasteiger partial charge on any atom is 0.224 e. The molecule has 6 heteroatoms. The second-order valence-electron chi connectivity index (χ2n) is 3.86. The molecule has 0 saturated carbocycles. The Morgan fingerprint density at radius 1 is 1.33 bits per heavy atom. The van der Waals surface area contributed by atoms with Gasteiger partial charge in [-0.15, -0.1) is 10.2 Å². The smallest absolute Gasteiger partial charge is 0.224 e. The zero-order chi connectivity index (χ0) is 13.1. The van der Waals surface area contributed by atoms with Crippen LogP contribution < -0.4 is 11.1 Å². The number of nitrogen functional groups attached to an aromatic ring is 1. The number of anilines is 2. The average Bonchev–Trinajstić information content (AvgIpc) is 2.76. The van der Waals surface area contributed by atoms with E-state index in [1.54, 1.807) is 12.1 Å². The minimum atomic E-state index is -0.423. The van der Waals surface area contributed by atoms with Crippen LogP contribution in [-0.2, 0) is 6.54 Å². The molecule has 0 atom stereocenters. The van der Waals surface area contributed by atoms with Crippen LogP contribution in [0, 0.1) is 5.82 Å². The van der Waals surface area contributed by atoms with Gasteiger partial charge in [0, 0.05) is 18.7 Å². The summed E-state index contributed by atoms with van der Waals surface area (Å²) >= 11 is 0. The summed E-state index contributed by atoms with van der Waals surface area (Å²) < 4.78 is 15.1. The molecule has 0 saturated heterocycles. The van der Waals surface area contributed by atoms with Crippen LogP contribution in [0.1, 0.15) is 13.8 Å². The van der Waals surface area contributed by atoms with Crippen LogP contribution in [-0.4, -0.2) is 21.3 Å². The number of nitrogens with one attached hydrogen (secondary N) is 1. The van der Waals surface area contributed by atoms with E-state index in [1.165, 1.54) is 6.07 Å².